The van der Waals surface area contributed by atoms with Crippen molar-refractivity contribution < 1.29 is 23.4 Å². The van der Waals surface area contributed by atoms with Gasteiger partial charge < -0.3 is 15.1 Å². The van der Waals surface area contributed by atoms with Gasteiger partial charge in [0.05, 0.1) is 36.7 Å². The van der Waals surface area contributed by atoms with Gasteiger partial charge in [-0.15, -0.1) is 0 Å². The smallest absolute Gasteiger partial charge is 0.394 e. The summed E-state index contributed by atoms with van der Waals surface area (Å²) < 4.78 is 41.9. The Balaban J connectivity index is 2.08. The lowest BCUT2D eigenvalue weighted by Gasteiger charge is -2.40. The summed E-state index contributed by atoms with van der Waals surface area (Å²) in [6.45, 7) is 1.93. The average molecular weight is 381 g/mol. The molecule has 1 aliphatic heterocycles. The molecule has 1 saturated heterocycles. The largest absolute Gasteiger partial charge is 0.417 e. The fourth-order valence-corrected chi connectivity index (χ4v) is 2.92. The summed E-state index contributed by atoms with van der Waals surface area (Å²) >= 11 is 0. The summed E-state index contributed by atoms with van der Waals surface area (Å²) in [4.78, 5) is 5.99. The molecule has 1 aliphatic rings. The first kappa shape index (κ1) is 19.1. The molecule has 0 amide bonds. The van der Waals surface area contributed by atoms with E-state index in [1.54, 1.807) is 11.0 Å². The molecule has 2 aromatic rings. The number of hydrogen-bond acceptors (Lipinski definition) is 6. The van der Waals surface area contributed by atoms with Gasteiger partial charge in [-0.2, -0.15) is 23.5 Å². The van der Waals surface area contributed by atoms with E-state index < -0.39 is 30.0 Å². The maximum absolute atomic E-state index is 13.5. The van der Waals surface area contributed by atoms with Crippen molar-refractivity contribution in [1.29, 1.82) is 5.26 Å². The number of pyridine rings is 1. The topological polar surface area (TPSA) is 98.2 Å². The summed E-state index contributed by atoms with van der Waals surface area (Å²) in [6.07, 6.45) is -2.14. The first-order valence-corrected chi connectivity index (χ1v) is 8.35. The monoisotopic (exact) mass is 381 g/mol. The second kappa shape index (κ2) is 7.17. The second-order valence-electron chi connectivity index (χ2n) is 6.48. The van der Waals surface area contributed by atoms with Gasteiger partial charge in [-0.3, -0.25) is 4.68 Å². The molecule has 0 saturated carbocycles. The van der Waals surface area contributed by atoms with Crippen LogP contribution >= 0.6 is 0 Å². The Bertz CT molecular complexity index is 874. The predicted molar refractivity (Wildman–Crippen MR) is 89.7 cm³/mol. The quantitative estimate of drug-likeness (QED) is 0.819. The van der Waals surface area contributed by atoms with Crippen LogP contribution in [-0.4, -0.2) is 50.3 Å². The van der Waals surface area contributed by atoms with Gasteiger partial charge >= 0.3 is 6.18 Å². The number of halogens is 3. The third-order valence-corrected chi connectivity index (χ3v) is 4.55. The molecular formula is C17H18F3N5O2. The highest BCUT2D eigenvalue weighted by Crippen LogP contribution is 2.39. The van der Waals surface area contributed by atoms with Gasteiger partial charge in [-0.05, 0) is 19.4 Å². The van der Waals surface area contributed by atoms with Gasteiger partial charge in [0.25, 0.3) is 0 Å². The van der Waals surface area contributed by atoms with Crippen LogP contribution in [0.2, 0.25) is 0 Å². The molecule has 7 nitrogen and oxygen atoms in total. The first-order valence-electron chi connectivity index (χ1n) is 8.35. The lowest BCUT2D eigenvalue weighted by atomic mass is 10.0. The molecule has 10 heteroatoms. The SMILES string of the molecule is C[C@H]1CCN1c1nc(-c2cnn(C[C@H](O)CO)c2)cc(C(F)(F)F)c1C#N. The number of nitriles is 1. The van der Waals surface area contributed by atoms with Crippen LogP contribution in [0.5, 0.6) is 0 Å². The van der Waals surface area contributed by atoms with Crippen LogP contribution in [0.3, 0.4) is 0 Å². The molecule has 2 atom stereocenters. The lowest BCUT2D eigenvalue weighted by molar-refractivity contribution is -0.137. The van der Waals surface area contributed by atoms with Gasteiger partial charge in [-0.1, -0.05) is 0 Å². The number of anilines is 1. The van der Waals surface area contributed by atoms with Crippen molar-refractivity contribution in [3.63, 3.8) is 0 Å². The molecule has 1 fully saturated rings. The molecular weight excluding hydrogens is 363 g/mol. The van der Waals surface area contributed by atoms with Crippen LogP contribution in [0.15, 0.2) is 18.5 Å². The van der Waals surface area contributed by atoms with E-state index in [9.17, 15) is 23.5 Å². The van der Waals surface area contributed by atoms with Crippen molar-refractivity contribution in [2.24, 2.45) is 0 Å². The molecule has 0 aromatic carbocycles. The number of hydrogen-bond donors (Lipinski definition) is 2. The van der Waals surface area contributed by atoms with E-state index in [4.69, 9.17) is 5.11 Å². The summed E-state index contributed by atoms with van der Waals surface area (Å²) in [5, 5.41) is 31.7. The molecule has 0 bridgehead atoms. The zero-order valence-corrected chi connectivity index (χ0v) is 14.5. The summed E-state index contributed by atoms with van der Waals surface area (Å²) in [6, 6.07) is 2.50. The minimum absolute atomic E-state index is 0.00311. The van der Waals surface area contributed by atoms with Crippen molar-refractivity contribution in [3.8, 4) is 17.3 Å². The van der Waals surface area contributed by atoms with Crippen molar-refractivity contribution in [3.05, 3.63) is 29.6 Å². The number of aromatic nitrogens is 3. The van der Waals surface area contributed by atoms with E-state index in [0.29, 0.717) is 12.1 Å². The summed E-state index contributed by atoms with van der Waals surface area (Å²) in [5.41, 5.74) is -1.15. The van der Waals surface area contributed by atoms with Gasteiger partial charge in [0.15, 0.2) is 0 Å². The molecule has 2 N–H and O–H groups in total. The predicted octanol–water partition coefficient (Wildman–Crippen LogP) is 1.79. The highest BCUT2D eigenvalue weighted by molar-refractivity contribution is 5.68. The van der Waals surface area contributed by atoms with E-state index in [-0.39, 0.29) is 24.1 Å². The Hall–Kier alpha value is -2.64. The third-order valence-electron chi connectivity index (χ3n) is 4.55. The average Bonchev–Trinajstić information content (AvgIpc) is 3.07. The number of rotatable bonds is 5. The van der Waals surface area contributed by atoms with Crippen LogP contribution in [0.25, 0.3) is 11.3 Å². The molecule has 0 spiro atoms. The Morgan fingerprint density at radius 1 is 1.44 bits per heavy atom. The molecule has 3 rings (SSSR count). The summed E-state index contributed by atoms with van der Waals surface area (Å²) in [5.74, 6) is 0.0178. The molecule has 2 aromatic heterocycles. The van der Waals surface area contributed by atoms with Crippen molar-refractivity contribution >= 4 is 5.82 Å². The minimum Gasteiger partial charge on any atom is -0.394 e. The number of nitrogens with zero attached hydrogens (tertiary/aromatic N) is 5. The van der Waals surface area contributed by atoms with E-state index >= 15 is 0 Å². The summed E-state index contributed by atoms with van der Waals surface area (Å²) in [7, 11) is 0. The second-order valence-corrected chi connectivity index (χ2v) is 6.48. The number of aliphatic hydroxyl groups is 2. The van der Waals surface area contributed by atoms with Crippen LogP contribution < -0.4 is 4.90 Å². The standard InChI is InChI=1S/C17H18F3N5O2/c1-10-2-3-25(10)16-13(5-21)14(17(18,19)20)4-15(23-16)11-6-22-24(7-11)8-12(27)9-26/h4,6-7,10,12,26-27H,2-3,8-9H2,1H3/t10-,12-/m0/s1. The number of aliphatic hydroxyl groups excluding tert-OH is 2. The van der Waals surface area contributed by atoms with E-state index in [1.165, 1.54) is 17.1 Å². The zero-order valence-electron chi connectivity index (χ0n) is 14.5. The van der Waals surface area contributed by atoms with E-state index in [0.717, 1.165) is 12.5 Å². The molecule has 0 unspecified atom stereocenters. The van der Waals surface area contributed by atoms with Crippen molar-refractivity contribution in [1.82, 2.24) is 14.8 Å². The molecule has 27 heavy (non-hydrogen) atoms. The first-order chi connectivity index (χ1) is 12.7. The van der Waals surface area contributed by atoms with Gasteiger partial charge in [-0.25, -0.2) is 4.98 Å². The van der Waals surface area contributed by atoms with E-state index in [1.807, 2.05) is 6.92 Å². The Kier molecular flexibility index (Phi) is 5.08. The normalized spacial score (nSPS) is 18.1. The van der Waals surface area contributed by atoms with Crippen LogP contribution in [0, 0.1) is 11.3 Å². The van der Waals surface area contributed by atoms with Gasteiger partial charge in [0.2, 0.25) is 0 Å². The van der Waals surface area contributed by atoms with Crippen LogP contribution in [0.4, 0.5) is 19.0 Å². The molecule has 3 heterocycles. The maximum Gasteiger partial charge on any atom is 0.417 e. The lowest BCUT2D eigenvalue weighted by Crippen LogP contribution is -2.46. The Morgan fingerprint density at radius 3 is 2.70 bits per heavy atom. The number of alkyl halides is 3. The van der Waals surface area contributed by atoms with Crippen LogP contribution in [-0.2, 0) is 12.7 Å². The highest BCUT2D eigenvalue weighted by atomic mass is 19.4. The maximum atomic E-state index is 13.5. The van der Waals surface area contributed by atoms with E-state index in [2.05, 4.69) is 10.1 Å². The van der Waals surface area contributed by atoms with Crippen molar-refractivity contribution in [2.45, 2.75) is 38.2 Å². The molecule has 0 radical (unpaired) electrons. The molecule has 0 aliphatic carbocycles. The Labute approximate surface area is 153 Å². The zero-order chi connectivity index (χ0) is 19.8. The van der Waals surface area contributed by atoms with Crippen molar-refractivity contribution in [2.75, 3.05) is 18.1 Å². The Morgan fingerprint density at radius 2 is 2.19 bits per heavy atom. The van der Waals surface area contributed by atoms with Crippen LogP contribution in [0.1, 0.15) is 24.5 Å². The van der Waals surface area contributed by atoms with Gasteiger partial charge in [0, 0.05) is 24.3 Å². The fraction of sp³-hybridized carbons (Fsp3) is 0.471. The minimum atomic E-state index is -4.70. The fourth-order valence-electron chi connectivity index (χ4n) is 2.92. The third kappa shape index (κ3) is 3.74. The highest BCUT2D eigenvalue weighted by Gasteiger charge is 2.38. The molecule has 144 valence electrons. The van der Waals surface area contributed by atoms with Gasteiger partial charge in [0.1, 0.15) is 17.5 Å².